The Hall–Kier alpha value is -2.34. The lowest BCUT2D eigenvalue weighted by atomic mass is 9.87. The van der Waals surface area contributed by atoms with E-state index in [-0.39, 0.29) is 12.5 Å². The largest absolute Gasteiger partial charge is 0.497 e. The van der Waals surface area contributed by atoms with Gasteiger partial charge in [0.15, 0.2) is 6.61 Å². The fraction of sp³-hybridized carbons (Fsp3) is 0.429. The average Bonchev–Trinajstić information content (AvgIpc) is 3.14. The molecule has 5 nitrogen and oxygen atoms in total. The van der Waals surface area contributed by atoms with Gasteiger partial charge in [0.25, 0.3) is 5.91 Å². The zero-order valence-corrected chi connectivity index (χ0v) is 16.6. The Morgan fingerprint density at radius 3 is 2.74 bits per heavy atom. The molecule has 0 spiro atoms. The highest BCUT2D eigenvalue weighted by molar-refractivity contribution is 7.14. The molecule has 0 saturated carbocycles. The molecule has 0 unspecified atom stereocenters. The van der Waals surface area contributed by atoms with Gasteiger partial charge in [0, 0.05) is 11.4 Å². The van der Waals surface area contributed by atoms with Crippen LogP contribution in [0.25, 0.3) is 0 Å². The molecule has 1 N–H and O–H groups in total. The number of thiophene rings is 1. The monoisotopic (exact) mass is 387 g/mol. The molecule has 0 aliphatic heterocycles. The minimum atomic E-state index is -0.415. The molecule has 0 saturated heterocycles. The van der Waals surface area contributed by atoms with E-state index in [0.29, 0.717) is 17.3 Å². The van der Waals surface area contributed by atoms with Crippen LogP contribution in [0.4, 0.5) is 0 Å². The first-order valence-corrected chi connectivity index (χ1v) is 10.1. The Balaban J connectivity index is 1.46. The molecule has 2 aromatic rings. The molecule has 1 amide bonds. The smallest absolute Gasteiger partial charge is 0.348 e. The maximum atomic E-state index is 12.3. The summed E-state index contributed by atoms with van der Waals surface area (Å²) in [6.45, 7) is 2.32. The Labute approximate surface area is 163 Å². The van der Waals surface area contributed by atoms with Crippen LogP contribution in [0.15, 0.2) is 30.3 Å². The molecule has 1 aliphatic rings. The Morgan fingerprint density at radius 1 is 1.26 bits per heavy atom. The number of carbonyl (C=O) groups excluding carboxylic acids is 2. The minimum absolute atomic E-state index is 0.269. The molecule has 1 heterocycles. The Bertz CT molecular complexity index is 797. The zero-order chi connectivity index (χ0) is 19.2. The van der Waals surface area contributed by atoms with Gasteiger partial charge >= 0.3 is 5.97 Å². The van der Waals surface area contributed by atoms with Crippen molar-refractivity contribution in [1.29, 1.82) is 0 Å². The maximum Gasteiger partial charge on any atom is 0.348 e. The lowest BCUT2D eigenvalue weighted by Crippen LogP contribution is -2.28. The van der Waals surface area contributed by atoms with Crippen molar-refractivity contribution in [1.82, 2.24) is 5.32 Å². The van der Waals surface area contributed by atoms with Crippen molar-refractivity contribution < 1.29 is 19.1 Å². The van der Waals surface area contributed by atoms with Gasteiger partial charge in [-0.15, -0.1) is 11.3 Å². The summed E-state index contributed by atoms with van der Waals surface area (Å²) in [6.07, 6.45) is 4.43. The SMILES string of the molecule is CC[C@@H]1CCc2sc(C(=O)OCC(=O)NCc3ccc(OC)cc3)cc2C1. The molecule has 1 aromatic carbocycles. The first kappa shape index (κ1) is 19.4. The van der Waals surface area contributed by atoms with Crippen molar-refractivity contribution >= 4 is 23.2 Å². The van der Waals surface area contributed by atoms with E-state index in [1.165, 1.54) is 34.6 Å². The van der Waals surface area contributed by atoms with E-state index in [4.69, 9.17) is 9.47 Å². The third kappa shape index (κ3) is 5.10. The summed E-state index contributed by atoms with van der Waals surface area (Å²) in [5, 5.41) is 2.75. The number of carbonyl (C=O) groups is 2. The molecule has 27 heavy (non-hydrogen) atoms. The minimum Gasteiger partial charge on any atom is -0.497 e. The fourth-order valence-electron chi connectivity index (χ4n) is 3.25. The number of fused-ring (bicyclic) bond motifs is 1. The van der Waals surface area contributed by atoms with Gasteiger partial charge in [-0.25, -0.2) is 4.79 Å². The normalized spacial score (nSPS) is 15.7. The lowest BCUT2D eigenvalue weighted by molar-refractivity contribution is -0.124. The number of hydrogen-bond donors (Lipinski definition) is 1. The summed E-state index contributed by atoms with van der Waals surface area (Å²) in [7, 11) is 1.61. The third-order valence-corrected chi connectivity index (χ3v) is 6.16. The number of aryl methyl sites for hydroxylation is 1. The van der Waals surface area contributed by atoms with Gasteiger partial charge in [-0.1, -0.05) is 25.5 Å². The molecule has 1 aromatic heterocycles. The van der Waals surface area contributed by atoms with Gasteiger partial charge in [-0.3, -0.25) is 4.79 Å². The van der Waals surface area contributed by atoms with E-state index >= 15 is 0 Å². The molecule has 3 rings (SSSR count). The average molecular weight is 388 g/mol. The highest BCUT2D eigenvalue weighted by Crippen LogP contribution is 2.33. The van der Waals surface area contributed by atoms with Gasteiger partial charge in [0.1, 0.15) is 10.6 Å². The summed E-state index contributed by atoms with van der Waals surface area (Å²) in [5.41, 5.74) is 2.22. The van der Waals surface area contributed by atoms with Crippen LogP contribution in [0.1, 0.15) is 45.4 Å². The molecule has 1 aliphatic carbocycles. The van der Waals surface area contributed by atoms with Gasteiger partial charge < -0.3 is 14.8 Å². The van der Waals surface area contributed by atoms with Crippen LogP contribution in [-0.2, 0) is 28.9 Å². The molecular weight excluding hydrogens is 362 g/mol. The van der Waals surface area contributed by atoms with E-state index in [9.17, 15) is 9.59 Å². The van der Waals surface area contributed by atoms with Crippen LogP contribution in [0, 0.1) is 5.92 Å². The lowest BCUT2D eigenvalue weighted by Gasteiger charge is -2.19. The van der Waals surface area contributed by atoms with Crippen LogP contribution in [0.3, 0.4) is 0 Å². The number of nitrogens with one attached hydrogen (secondary N) is 1. The van der Waals surface area contributed by atoms with Gasteiger partial charge in [-0.05, 0) is 54.5 Å². The van der Waals surface area contributed by atoms with Crippen molar-refractivity contribution in [3.63, 3.8) is 0 Å². The van der Waals surface area contributed by atoms with Crippen LogP contribution < -0.4 is 10.1 Å². The number of hydrogen-bond acceptors (Lipinski definition) is 5. The summed E-state index contributed by atoms with van der Waals surface area (Å²) in [4.78, 5) is 26.1. The molecule has 0 radical (unpaired) electrons. The molecule has 6 heteroatoms. The topological polar surface area (TPSA) is 64.6 Å². The number of esters is 1. The number of ether oxygens (including phenoxy) is 2. The Kier molecular flexibility index (Phi) is 6.50. The Morgan fingerprint density at radius 2 is 2.04 bits per heavy atom. The van der Waals surface area contributed by atoms with Crippen molar-refractivity contribution in [3.8, 4) is 5.75 Å². The van der Waals surface area contributed by atoms with E-state index in [2.05, 4.69) is 12.2 Å². The predicted molar refractivity (Wildman–Crippen MR) is 105 cm³/mol. The van der Waals surface area contributed by atoms with Gasteiger partial charge in [0.05, 0.1) is 7.11 Å². The first-order valence-electron chi connectivity index (χ1n) is 9.27. The van der Waals surface area contributed by atoms with Crippen LogP contribution in [0.5, 0.6) is 5.75 Å². The number of methoxy groups -OCH3 is 1. The third-order valence-electron chi connectivity index (χ3n) is 4.95. The van der Waals surface area contributed by atoms with Crippen LogP contribution >= 0.6 is 11.3 Å². The highest BCUT2D eigenvalue weighted by Gasteiger charge is 2.22. The van der Waals surface area contributed by atoms with Crippen LogP contribution in [-0.4, -0.2) is 25.6 Å². The molecule has 0 bridgehead atoms. The molecule has 1 atom stereocenters. The fourth-order valence-corrected chi connectivity index (χ4v) is 4.35. The van der Waals surface area contributed by atoms with Crippen molar-refractivity contribution in [2.24, 2.45) is 5.92 Å². The zero-order valence-electron chi connectivity index (χ0n) is 15.7. The highest BCUT2D eigenvalue weighted by atomic mass is 32.1. The van der Waals surface area contributed by atoms with Crippen molar-refractivity contribution in [3.05, 3.63) is 51.2 Å². The second kappa shape index (κ2) is 9.04. The second-order valence-electron chi connectivity index (χ2n) is 6.78. The van der Waals surface area contributed by atoms with E-state index in [0.717, 1.165) is 24.2 Å². The van der Waals surface area contributed by atoms with Crippen LogP contribution in [0.2, 0.25) is 0 Å². The summed E-state index contributed by atoms with van der Waals surface area (Å²) < 4.78 is 10.3. The summed E-state index contributed by atoms with van der Waals surface area (Å²) in [6, 6.07) is 9.38. The second-order valence-corrected chi connectivity index (χ2v) is 7.91. The van der Waals surface area contributed by atoms with Gasteiger partial charge in [0.2, 0.25) is 0 Å². The summed E-state index contributed by atoms with van der Waals surface area (Å²) in [5.74, 6) is 0.746. The number of benzene rings is 1. The quantitative estimate of drug-likeness (QED) is 0.735. The summed E-state index contributed by atoms with van der Waals surface area (Å²) >= 11 is 1.50. The van der Waals surface area contributed by atoms with E-state index < -0.39 is 5.97 Å². The first-order chi connectivity index (χ1) is 13.1. The number of amides is 1. The standard InChI is InChI=1S/C21H25NO4S/c1-3-14-6-9-18-16(10-14)11-19(27-18)21(24)26-13-20(23)22-12-15-4-7-17(25-2)8-5-15/h4-5,7-8,11,14H,3,6,9-10,12-13H2,1-2H3,(H,22,23)/t14-/m1/s1. The van der Waals surface area contributed by atoms with E-state index in [1.807, 2.05) is 30.3 Å². The predicted octanol–water partition coefficient (Wildman–Crippen LogP) is 3.74. The number of rotatable bonds is 7. The molecule has 0 fully saturated rings. The van der Waals surface area contributed by atoms with E-state index in [1.54, 1.807) is 7.11 Å². The maximum absolute atomic E-state index is 12.3. The van der Waals surface area contributed by atoms with Crippen molar-refractivity contribution in [2.75, 3.05) is 13.7 Å². The molecular formula is C21H25NO4S. The molecule has 144 valence electrons. The van der Waals surface area contributed by atoms with Gasteiger partial charge in [-0.2, -0.15) is 0 Å². The van der Waals surface area contributed by atoms with Crippen molar-refractivity contribution in [2.45, 2.75) is 39.2 Å².